The highest BCUT2D eigenvalue weighted by atomic mass is 16.6. The number of carbonyl (C=O) groups excluding carboxylic acids is 13. The molecular weight excluding hydrogens is 1210 g/mol. The van der Waals surface area contributed by atoms with Gasteiger partial charge < -0.3 is 74.1 Å². The van der Waals surface area contributed by atoms with Crippen molar-refractivity contribution in [3.05, 3.63) is 102 Å². The van der Waals surface area contributed by atoms with Gasteiger partial charge in [-0.25, -0.2) is 4.79 Å². The number of aliphatic hydroxyl groups is 2. The van der Waals surface area contributed by atoms with Crippen molar-refractivity contribution in [3.63, 3.8) is 0 Å². The van der Waals surface area contributed by atoms with Crippen LogP contribution in [0, 0.1) is 5.41 Å². The molecule has 0 aliphatic rings. The normalized spacial score (nSPS) is 10.9. The summed E-state index contributed by atoms with van der Waals surface area (Å²) in [6.45, 7) is 14.2. The Morgan fingerprint density at radius 1 is 0.370 bits per heavy atom. The molecule has 0 aliphatic heterocycles. The van der Waals surface area contributed by atoms with Gasteiger partial charge in [0.2, 0.25) is 23.6 Å². The average molecular weight is 1290 g/mol. The number of hydrogen-bond acceptors (Lipinski definition) is 24. The molecular formula is C64H84N4O24. The van der Waals surface area contributed by atoms with Gasteiger partial charge in [-0.05, 0) is 120 Å². The fourth-order valence-corrected chi connectivity index (χ4v) is 7.14. The fraction of sp³-hybridized carbons (Fsp3) is 0.484. The number of unbranched alkanes of at least 4 members (excludes halogenated alkanes) is 2. The zero-order valence-corrected chi connectivity index (χ0v) is 52.9. The van der Waals surface area contributed by atoms with Crippen LogP contribution in [-0.2, 0) is 76.4 Å². The second-order valence-corrected chi connectivity index (χ2v) is 21.9. The molecule has 3 aromatic carbocycles. The van der Waals surface area contributed by atoms with Gasteiger partial charge in [-0.15, -0.1) is 0 Å². The monoisotopic (exact) mass is 1290 g/mol. The SMILES string of the molecule is C=CC(=O)OCCOC(=O)CCCCCOC(=O)CC(=O)NCCNC(=O)CC(=O)OCCOc1ccc(C(=O)C(C)(C)O)cc1.CC(C)(C)C(=O)c1ccc(OCCOC(=O)CC(=O)NCCNC(=O)CC(=O)OCCOc2ccc(C(=O)C(C)(C)O)cc2)cc1. The topological polar surface area (TPSA) is 394 Å². The molecule has 0 saturated heterocycles. The molecule has 0 unspecified atom stereocenters. The van der Waals surface area contributed by atoms with Crippen LogP contribution in [0.25, 0.3) is 0 Å². The molecule has 3 aromatic rings. The van der Waals surface area contributed by atoms with Gasteiger partial charge >= 0.3 is 35.8 Å². The van der Waals surface area contributed by atoms with Gasteiger partial charge in [0, 0.05) is 60.8 Å². The maximum Gasteiger partial charge on any atom is 0.330 e. The van der Waals surface area contributed by atoms with Crippen LogP contribution in [0.4, 0.5) is 0 Å². The van der Waals surface area contributed by atoms with Gasteiger partial charge in [-0.1, -0.05) is 27.4 Å². The van der Waals surface area contributed by atoms with E-state index in [-0.39, 0.29) is 97.8 Å². The highest BCUT2D eigenvalue weighted by Gasteiger charge is 2.27. The summed E-state index contributed by atoms with van der Waals surface area (Å²) in [4.78, 5) is 154. The predicted octanol–water partition coefficient (Wildman–Crippen LogP) is 3.38. The molecule has 0 saturated carbocycles. The Kier molecular flexibility index (Phi) is 35.6. The van der Waals surface area contributed by atoms with E-state index in [0.717, 1.165) is 6.08 Å². The highest BCUT2D eigenvalue weighted by molar-refractivity contribution is 6.03. The standard InChI is InChI=1S/C33H42N2O11.C31H42N2O13/c1-32(2,3)30(40)22-6-10-24(11-7-22)43-16-18-45-28(38)20-26(36)34-14-15-35-27(37)21-29(39)46-19-17-44-25-12-8-23(9-13-25)31(41)33(4,5)42;1-4-26(36)44-18-19-45-27(37)8-6-5-7-15-43-28(38)20-24(34)32-13-14-33-25(35)21-29(39)46-17-16-42-23-11-9-22(10-12-23)30(40)31(2,3)41/h6-13,42H,14-21H2,1-5H3,(H,34,36)(H,35,37);4,9-12,41H,1,5-8,13-21H2,2-3H3,(H,32,34)(H,33,35). The Bertz CT molecular complexity index is 2840. The van der Waals surface area contributed by atoms with Crippen LogP contribution in [0.3, 0.4) is 0 Å². The lowest BCUT2D eigenvalue weighted by atomic mass is 9.86. The van der Waals surface area contributed by atoms with E-state index in [1.54, 1.807) is 48.5 Å². The number of amides is 4. The number of esters is 6. The van der Waals surface area contributed by atoms with Gasteiger partial charge in [-0.2, -0.15) is 0 Å². The van der Waals surface area contributed by atoms with E-state index < -0.39 is 113 Å². The Morgan fingerprint density at radius 3 is 0.957 bits per heavy atom. The minimum absolute atomic E-state index is 0.0102. The van der Waals surface area contributed by atoms with Crippen LogP contribution < -0.4 is 35.5 Å². The zero-order chi connectivity index (χ0) is 68.7. The Balaban J connectivity index is 0.000000627. The second kappa shape index (κ2) is 41.7. The quantitative estimate of drug-likeness (QED) is 0.0118. The maximum atomic E-state index is 12.3. The molecule has 4 amide bonds. The van der Waals surface area contributed by atoms with E-state index in [0.29, 0.717) is 53.2 Å². The Hall–Kier alpha value is -9.57. The molecule has 0 bridgehead atoms. The molecule has 28 heteroatoms. The number of nitrogens with one attached hydrogen (secondary N) is 4. The number of hydrogen-bond donors (Lipinski definition) is 6. The lowest BCUT2D eigenvalue weighted by molar-refractivity contribution is -0.150. The number of ketones is 3. The Morgan fingerprint density at radius 2 is 0.652 bits per heavy atom. The van der Waals surface area contributed by atoms with Crippen molar-refractivity contribution < 1.29 is 115 Å². The lowest BCUT2D eigenvalue weighted by Gasteiger charge is -2.16. The van der Waals surface area contributed by atoms with Crippen LogP contribution in [0.5, 0.6) is 17.2 Å². The van der Waals surface area contributed by atoms with Crippen LogP contribution in [0.15, 0.2) is 85.5 Å². The summed E-state index contributed by atoms with van der Waals surface area (Å²) in [7, 11) is 0. The van der Waals surface area contributed by atoms with Crippen molar-refractivity contribution in [2.45, 2.75) is 111 Å². The van der Waals surface area contributed by atoms with E-state index in [1.165, 1.54) is 52.0 Å². The van der Waals surface area contributed by atoms with Gasteiger partial charge in [0.15, 0.2) is 17.3 Å². The molecule has 0 heterocycles. The molecule has 92 heavy (non-hydrogen) atoms. The van der Waals surface area contributed by atoms with Crippen LogP contribution >= 0.6 is 0 Å². The van der Waals surface area contributed by atoms with E-state index in [9.17, 15) is 72.5 Å². The van der Waals surface area contributed by atoms with Crippen molar-refractivity contribution in [2.75, 3.05) is 85.6 Å². The number of carbonyl (C=O) groups is 13. The van der Waals surface area contributed by atoms with Gasteiger partial charge in [-0.3, -0.25) is 57.5 Å². The molecule has 0 spiro atoms. The summed E-state index contributed by atoms with van der Waals surface area (Å²) in [6.07, 6.45) is 0.652. The first-order valence-corrected chi connectivity index (χ1v) is 29.3. The second-order valence-electron chi connectivity index (χ2n) is 21.9. The average Bonchev–Trinajstić information content (AvgIpc) is 1.63. The molecule has 3 rings (SSSR count). The molecule has 0 fully saturated rings. The third-order valence-corrected chi connectivity index (χ3v) is 11.8. The number of benzene rings is 3. The third-order valence-electron chi connectivity index (χ3n) is 11.8. The highest BCUT2D eigenvalue weighted by Crippen LogP contribution is 2.23. The zero-order valence-electron chi connectivity index (χ0n) is 52.9. The van der Waals surface area contributed by atoms with Gasteiger partial charge in [0.05, 0.1) is 6.61 Å². The molecule has 28 nitrogen and oxygen atoms in total. The summed E-state index contributed by atoms with van der Waals surface area (Å²) < 4.78 is 45.8. The summed E-state index contributed by atoms with van der Waals surface area (Å²) in [5.74, 6) is -5.97. The van der Waals surface area contributed by atoms with Crippen LogP contribution in [-0.4, -0.2) is 184 Å². The maximum absolute atomic E-state index is 12.3. The van der Waals surface area contributed by atoms with Crippen molar-refractivity contribution in [3.8, 4) is 17.2 Å². The first kappa shape index (κ1) is 78.5. The molecule has 0 aliphatic carbocycles. The molecule has 0 aromatic heterocycles. The third kappa shape index (κ3) is 35.6. The van der Waals surface area contributed by atoms with Crippen molar-refractivity contribution in [2.24, 2.45) is 5.41 Å². The summed E-state index contributed by atoms with van der Waals surface area (Å²) >= 11 is 0. The predicted molar refractivity (Wildman–Crippen MR) is 326 cm³/mol. The Labute approximate surface area is 533 Å². The van der Waals surface area contributed by atoms with E-state index in [2.05, 4.69) is 32.6 Å². The number of Topliss-reactive ketones (excluding diaryl/α,β-unsaturated/α-hetero) is 3. The van der Waals surface area contributed by atoms with Crippen LogP contribution in [0.2, 0.25) is 0 Å². The summed E-state index contributed by atoms with van der Waals surface area (Å²) in [5, 5.41) is 29.4. The smallest absolute Gasteiger partial charge is 0.330 e. The van der Waals surface area contributed by atoms with E-state index in [1.807, 2.05) is 20.8 Å². The molecule has 0 atom stereocenters. The first-order valence-electron chi connectivity index (χ1n) is 29.3. The molecule has 6 N–H and O–H groups in total. The first-order chi connectivity index (χ1) is 43.4. The van der Waals surface area contributed by atoms with E-state index >= 15 is 0 Å². The summed E-state index contributed by atoms with van der Waals surface area (Å²) in [6, 6.07) is 18.9. The van der Waals surface area contributed by atoms with Gasteiger partial charge in [0.25, 0.3) is 0 Å². The largest absolute Gasteiger partial charge is 0.490 e. The minimum atomic E-state index is -1.49. The number of rotatable bonds is 41. The van der Waals surface area contributed by atoms with Gasteiger partial charge in [0.1, 0.15) is 107 Å². The van der Waals surface area contributed by atoms with Crippen molar-refractivity contribution in [1.29, 1.82) is 0 Å². The van der Waals surface area contributed by atoms with Crippen molar-refractivity contribution >= 4 is 76.8 Å². The van der Waals surface area contributed by atoms with Crippen LogP contribution in [0.1, 0.15) is 131 Å². The summed E-state index contributed by atoms with van der Waals surface area (Å²) in [5.41, 5.74) is -2.26. The number of ether oxygens (including phenoxy) is 9. The molecule has 504 valence electrons. The van der Waals surface area contributed by atoms with Crippen molar-refractivity contribution in [1.82, 2.24) is 21.3 Å². The lowest BCUT2D eigenvalue weighted by Crippen LogP contribution is -2.36. The molecule has 0 radical (unpaired) electrons. The van der Waals surface area contributed by atoms with E-state index in [4.69, 9.17) is 37.9 Å². The fourth-order valence-electron chi connectivity index (χ4n) is 7.14. The minimum Gasteiger partial charge on any atom is -0.490 e.